The second-order valence-electron chi connectivity index (χ2n) is 5.46. The van der Waals surface area contributed by atoms with Crippen molar-refractivity contribution in [3.8, 4) is 17.2 Å². The third kappa shape index (κ3) is 4.29. The molecule has 3 aromatic rings. The molecule has 3 aromatic carbocycles. The molecule has 5 heteroatoms. The van der Waals surface area contributed by atoms with E-state index in [1.54, 1.807) is 24.3 Å². The Morgan fingerprint density at radius 2 is 1.60 bits per heavy atom. The highest BCUT2D eigenvalue weighted by atomic mass is 16.5. The van der Waals surface area contributed by atoms with Gasteiger partial charge in [-0.15, -0.1) is 0 Å². The number of aromatic hydroxyl groups is 2. The van der Waals surface area contributed by atoms with Crippen molar-refractivity contribution in [1.29, 1.82) is 0 Å². The lowest BCUT2D eigenvalue weighted by Gasteiger charge is -2.09. The van der Waals surface area contributed by atoms with Crippen molar-refractivity contribution >= 4 is 11.6 Å². The SMILES string of the molecule is O=C(Nc1ccc(OCc2ccccc2)cc1)c1ccc(O)c(O)c1. The maximum atomic E-state index is 12.1. The van der Waals surface area contributed by atoms with Crippen LogP contribution in [0, 0.1) is 0 Å². The van der Waals surface area contributed by atoms with Gasteiger partial charge in [-0.2, -0.15) is 0 Å². The molecule has 0 atom stereocenters. The predicted molar refractivity (Wildman–Crippen MR) is 94.9 cm³/mol. The fourth-order valence-corrected chi connectivity index (χ4v) is 2.24. The molecule has 5 nitrogen and oxygen atoms in total. The maximum Gasteiger partial charge on any atom is 0.255 e. The summed E-state index contributed by atoms with van der Waals surface area (Å²) in [7, 11) is 0. The van der Waals surface area contributed by atoms with Gasteiger partial charge in [0.05, 0.1) is 0 Å². The molecule has 0 aliphatic carbocycles. The molecule has 0 heterocycles. The molecule has 3 N–H and O–H groups in total. The van der Waals surface area contributed by atoms with Crippen molar-refractivity contribution in [3.05, 3.63) is 83.9 Å². The van der Waals surface area contributed by atoms with Crippen molar-refractivity contribution in [2.24, 2.45) is 0 Å². The Hall–Kier alpha value is -3.47. The number of anilines is 1. The van der Waals surface area contributed by atoms with E-state index in [-0.39, 0.29) is 23.0 Å². The fourth-order valence-electron chi connectivity index (χ4n) is 2.24. The highest BCUT2D eigenvalue weighted by molar-refractivity contribution is 6.04. The summed E-state index contributed by atoms with van der Waals surface area (Å²) in [5.41, 5.74) is 1.93. The van der Waals surface area contributed by atoms with E-state index in [9.17, 15) is 15.0 Å². The van der Waals surface area contributed by atoms with Crippen LogP contribution in [0.5, 0.6) is 17.2 Å². The Labute approximate surface area is 145 Å². The van der Waals surface area contributed by atoms with Crippen LogP contribution in [0.1, 0.15) is 15.9 Å². The second kappa shape index (κ2) is 7.40. The third-order valence-corrected chi connectivity index (χ3v) is 3.60. The quantitative estimate of drug-likeness (QED) is 0.617. The molecule has 0 unspecified atom stereocenters. The average Bonchev–Trinajstić information content (AvgIpc) is 2.64. The van der Waals surface area contributed by atoms with Crippen LogP contribution in [0.4, 0.5) is 5.69 Å². The number of phenols is 2. The Morgan fingerprint density at radius 1 is 0.880 bits per heavy atom. The van der Waals surface area contributed by atoms with Gasteiger partial charge in [-0.25, -0.2) is 0 Å². The smallest absolute Gasteiger partial charge is 0.255 e. The summed E-state index contributed by atoms with van der Waals surface area (Å²) in [6, 6.07) is 20.8. The molecule has 126 valence electrons. The van der Waals surface area contributed by atoms with Crippen LogP contribution in [0.2, 0.25) is 0 Å². The molecule has 25 heavy (non-hydrogen) atoms. The molecule has 0 aliphatic rings. The number of benzene rings is 3. The van der Waals surface area contributed by atoms with Crippen LogP contribution in [0.25, 0.3) is 0 Å². The first-order valence-electron chi connectivity index (χ1n) is 7.72. The number of carbonyl (C=O) groups excluding carboxylic acids is 1. The summed E-state index contributed by atoms with van der Waals surface area (Å²) < 4.78 is 5.69. The molecule has 0 saturated heterocycles. The lowest BCUT2D eigenvalue weighted by molar-refractivity contribution is 0.102. The zero-order valence-electron chi connectivity index (χ0n) is 13.3. The van der Waals surface area contributed by atoms with Gasteiger partial charge in [-0.1, -0.05) is 30.3 Å². The lowest BCUT2D eigenvalue weighted by Crippen LogP contribution is -2.11. The van der Waals surface area contributed by atoms with Gasteiger partial charge in [0, 0.05) is 11.3 Å². The highest BCUT2D eigenvalue weighted by Gasteiger charge is 2.09. The first kappa shape index (κ1) is 16.4. The van der Waals surface area contributed by atoms with Crippen LogP contribution in [-0.4, -0.2) is 16.1 Å². The van der Waals surface area contributed by atoms with E-state index in [0.29, 0.717) is 18.0 Å². The van der Waals surface area contributed by atoms with Gasteiger partial charge in [-0.05, 0) is 48.0 Å². The van der Waals surface area contributed by atoms with E-state index in [0.717, 1.165) is 5.56 Å². The standard InChI is InChI=1S/C20H17NO4/c22-18-11-6-15(12-19(18)23)20(24)21-16-7-9-17(10-8-16)25-13-14-4-2-1-3-5-14/h1-12,22-23H,13H2,(H,21,24). The minimum Gasteiger partial charge on any atom is -0.504 e. The lowest BCUT2D eigenvalue weighted by atomic mass is 10.2. The van der Waals surface area contributed by atoms with E-state index in [2.05, 4.69) is 5.32 Å². The number of hydrogen-bond donors (Lipinski definition) is 3. The van der Waals surface area contributed by atoms with E-state index in [1.165, 1.54) is 18.2 Å². The first-order valence-corrected chi connectivity index (χ1v) is 7.72. The molecular formula is C20H17NO4. The Morgan fingerprint density at radius 3 is 2.28 bits per heavy atom. The van der Waals surface area contributed by atoms with Crippen molar-refractivity contribution < 1.29 is 19.7 Å². The van der Waals surface area contributed by atoms with E-state index < -0.39 is 0 Å². The zero-order chi connectivity index (χ0) is 17.6. The van der Waals surface area contributed by atoms with E-state index in [4.69, 9.17) is 4.74 Å². The molecule has 0 spiro atoms. The van der Waals surface area contributed by atoms with Crippen molar-refractivity contribution in [2.45, 2.75) is 6.61 Å². The fraction of sp³-hybridized carbons (Fsp3) is 0.0500. The number of rotatable bonds is 5. The Balaban J connectivity index is 1.60. The highest BCUT2D eigenvalue weighted by Crippen LogP contribution is 2.25. The molecule has 0 bridgehead atoms. The Kier molecular flexibility index (Phi) is 4.85. The summed E-state index contributed by atoms with van der Waals surface area (Å²) in [6.07, 6.45) is 0. The number of nitrogens with one attached hydrogen (secondary N) is 1. The van der Waals surface area contributed by atoms with Gasteiger partial charge in [0.25, 0.3) is 5.91 Å². The van der Waals surface area contributed by atoms with E-state index >= 15 is 0 Å². The van der Waals surface area contributed by atoms with Crippen molar-refractivity contribution in [3.63, 3.8) is 0 Å². The molecule has 0 aliphatic heterocycles. The van der Waals surface area contributed by atoms with Crippen LogP contribution in [0.15, 0.2) is 72.8 Å². The van der Waals surface area contributed by atoms with Gasteiger partial charge in [0.1, 0.15) is 12.4 Å². The molecule has 1 amide bonds. The van der Waals surface area contributed by atoms with Crippen molar-refractivity contribution in [2.75, 3.05) is 5.32 Å². The van der Waals surface area contributed by atoms with Gasteiger partial charge in [0.2, 0.25) is 0 Å². The number of phenolic OH excluding ortho intramolecular Hbond substituents is 2. The van der Waals surface area contributed by atoms with Crippen LogP contribution < -0.4 is 10.1 Å². The monoisotopic (exact) mass is 335 g/mol. The summed E-state index contributed by atoms with van der Waals surface area (Å²) in [6.45, 7) is 0.472. The maximum absolute atomic E-state index is 12.1. The normalized spacial score (nSPS) is 10.2. The summed E-state index contributed by atoms with van der Waals surface area (Å²) in [5.74, 6) is -0.286. The van der Waals surface area contributed by atoms with Crippen LogP contribution in [0.3, 0.4) is 0 Å². The predicted octanol–water partition coefficient (Wildman–Crippen LogP) is 3.93. The van der Waals surface area contributed by atoms with Gasteiger partial charge in [-0.3, -0.25) is 4.79 Å². The van der Waals surface area contributed by atoms with Crippen LogP contribution in [-0.2, 0) is 6.61 Å². The molecular weight excluding hydrogens is 318 g/mol. The second-order valence-corrected chi connectivity index (χ2v) is 5.46. The van der Waals surface area contributed by atoms with Crippen molar-refractivity contribution in [1.82, 2.24) is 0 Å². The summed E-state index contributed by atoms with van der Waals surface area (Å²) >= 11 is 0. The molecule has 0 radical (unpaired) electrons. The van der Waals surface area contributed by atoms with Gasteiger partial charge < -0.3 is 20.3 Å². The molecule has 0 aromatic heterocycles. The molecule has 3 rings (SSSR count). The summed E-state index contributed by atoms with van der Waals surface area (Å²) in [4.78, 5) is 12.1. The summed E-state index contributed by atoms with van der Waals surface area (Å²) in [5, 5.41) is 21.5. The minimum atomic E-state index is -0.381. The van der Waals surface area contributed by atoms with Crippen LogP contribution >= 0.6 is 0 Å². The largest absolute Gasteiger partial charge is 0.504 e. The Bertz CT molecular complexity index is 861. The third-order valence-electron chi connectivity index (χ3n) is 3.60. The van der Waals surface area contributed by atoms with Gasteiger partial charge in [0.15, 0.2) is 11.5 Å². The topological polar surface area (TPSA) is 78.8 Å². The minimum absolute atomic E-state index is 0.250. The number of hydrogen-bond acceptors (Lipinski definition) is 4. The zero-order valence-corrected chi connectivity index (χ0v) is 13.3. The number of ether oxygens (including phenoxy) is 1. The first-order chi connectivity index (χ1) is 12.1. The number of amides is 1. The average molecular weight is 335 g/mol. The van der Waals surface area contributed by atoms with E-state index in [1.807, 2.05) is 30.3 Å². The number of carbonyl (C=O) groups is 1. The molecule has 0 saturated carbocycles. The molecule has 0 fully saturated rings. The van der Waals surface area contributed by atoms with Gasteiger partial charge >= 0.3 is 0 Å².